The number of rotatable bonds is 10. The van der Waals surface area contributed by atoms with Gasteiger partial charge in [0.15, 0.2) is 6.61 Å². The van der Waals surface area contributed by atoms with Crippen molar-refractivity contribution in [3.05, 3.63) is 59.7 Å². The van der Waals surface area contributed by atoms with Crippen molar-refractivity contribution in [2.24, 2.45) is 0 Å². The summed E-state index contributed by atoms with van der Waals surface area (Å²) in [7, 11) is -1.82. The molecule has 0 aliphatic heterocycles. The molecule has 0 aliphatic rings. The molecule has 1 amide bonds. The van der Waals surface area contributed by atoms with Crippen LogP contribution in [0.2, 0.25) is 0 Å². The van der Waals surface area contributed by atoms with Gasteiger partial charge in [-0.1, -0.05) is 29.8 Å². The number of nitrogens with one attached hydrogen (secondary N) is 1. The quantitative estimate of drug-likeness (QED) is 0.596. The van der Waals surface area contributed by atoms with Crippen LogP contribution in [-0.2, 0) is 20.6 Å². The maximum atomic E-state index is 11.9. The molecule has 6 nitrogen and oxygen atoms in total. The van der Waals surface area contributed by atoms with Crippen LogP contribution in [0.15, 0.2) is 48.5 Å². The van der Waals surface area contributed by atoms with E-state index in [9.17, 15) is 13.2 Å². The Kier molecular flexibility index (Phi) is 8.19. The maximum Gasteiger partial charge on any atom is 0.257 e. The summed E-state index contributed by atoms with van der Waals surface area (Å²) in [5.74, 6) is 2.07. The number of carbonyl (C=O) groups excluding carboxylic acids is 1. The number of thioether (sulfide) groups is 1. The Morgan fingerprint density at radius 2 is 1.89 bits per heavy atom. The Balaban J connectivity index is 1.65. The molecule has 2 aromatic carbocycles. The van der Waals surface area contributed by atoms with Gasteiger partial charge in [-0.15, -0.1) is 0 Å². The average molecular weight is 423 g/mol. The summed E-state index contributed by atoms with van der Waals surface area (Å²) in [6.45, 7) is 2.58. The zero-order chi connectivity index (χ0) is 20.6. The molecule has 0 unspecified atom stereocenters. The molecule has 0 spiro atoms. The highest BCUT2D eigenvalue weighted by atomic mass is 32.2. The summed E-state index contributed by atoms with van der Waals surface area (Å²) >= 11 is 1.77. The van der Waals surface area contributed by atoms with Crippen molar-refractivity contribution >= 4 is 33.4 Å². The van der Waals surface area contributed by atoms with E-state index in [0.717, 1.165) is 17.8 Å². The van der Waals surface area contributed by atoms with Crippen molar-refractivity contribution in [2.45, 2.75) is 12.7 Å². The third-order valence-corrected chi connectivity index (χ3v) is 6.22. The highest BCUT2D eigenvalue weighted by Gasteiger charge is 2.11. The first kappa shape index (κ1) is 22.1. The van der Waals surface area contributed by atoms with Gasteiger partial charge in [-0.3, -0.25) is 9.10 Å². The lowest BCUT2D eigenvalue weighted by molar-refractivity contribution is -0.122. The second-order valence-corrected chi connectivity index (χ2v) is 9.52. The van der Waals surface area contributed by atoms with Gasteiger partial charge >= 0.3 is 0 Å². The Morgan fingerprint density at radius 3 is 2.54 bits per heavy atom. The predicted molar refractivity (Wildman–Crippen MR) is 116 cm³/mol. The number of hydrogen-bond acceptors (Lipinski definition) is 5. The number of amides is 1. The summed E-state index contributed by atoms with van der Waals surface area (Å²) in [4.78, 5) is 11.9. The molecule has 0 heterocycles. The van der Waals surface area contributed by atoms with Crippen LogP contribution in [0, 0.1) is 6.92 Å². The zero-order valence-electron chi connectivity index (χ0n) is 16.3. The molecule has 0 fully saturated rings. The van der Waals surface area contributed by atoms with Crippen LogP contribution in [0.3, 0.4) is 0 Å². The number of nitrogens with zero attached hydrogens (tertiary/aromatic N) is 1. The van der Waals surface area contributed by atoms with Crippen molar-refractivity contribution < 1.29 is 17.9 Å². The molecule has 0 radical (unpaired) electrons. The first-order valence-corrected chi connectivity index (χ1v) is 11.8. The van der Waals surface area contributed by atoms with E-state index in [4.69, 9.17) is 4.74 Å². The second kappa shape index (κ2) is 10.4. The maximum absolute atomic E-state index is 11.9. The number of sulfonamides is 1. The Labute approximate surface area is 171 Å². The van der Waals surface area contributed by atoms with Crippen LogP contribution < -0.4 is 14.4 Å². The second-order valence-electron chi connectivity index (χ2n) is 6.40. The molecule has 0 atom stereocenters. The average Bonchev–Trinajstić information content (AvgIpc) is 2.65. The van der Waals surface area contributed by atoms with Gasteiger partial charge < -0.3 is 10.1 Å². The van der Waals surface area contributed by atoms with Crippen LogP contribution in [0.4, 0.5) is 5.69 Å². The molecule has 0 aliphatic carbocycles. The fraction of sp³-hybridized carbons (Fsp3) is 0.350. The standard InChI is InChI=1S/C20H26N2O4S2/c1-16-5-4-6-17(13-16)15-27-12-11-21-20(23)14-26-19-9-7-18(8-10-19)22(2)28(3,24)25/h4-10,13H,11-12,14-15H2,1-3H3,(H,21,23). The van der Waals surface area contributed by atoms with Gasteiger partial charge in [-0.05, 0) is 36.8 Å². The minimum absolute atomic E-state index is 0.0796. The van der Waals surface area contributed by atoms with Gasteiger partial charge in [0, 0.05) is 25.1 Å². The van der Waals surface area contributed by atoms with Crippen molar-refractivity contribution in [3.63, 3.8) is 0 Å². The molecule has 0 saturated heterocycles. The van der Waals surface area contributed by atoms with E-state index < -0.39 is 10.0 Å². The van der Waals surface area contributed by atoms with E-state index >= 15 is 0 Å². The molecule has 2 aromatic rings. The van der Waals surface area contributed by atoms with E-state index in [1.807, 2.05) is 0 Å². The van der Waals surface area contributed by atoms with E-state index in [1.165, 1.54) is 22.5 Å². The Bertz CT molecular complexity index is 883. The van der Waals surface area contributed by atoms with Gasteiger partial charge in [-0.25, -0.2) is 8.42 Å². The van der Waals surface area contributed by atoms with Gasteiger partial charge in [0.1, 0.15) is 5.75 Å². The highest BCUT2D eigenvalue weighted by molar-refractivity contribution is 7.98. The molecule has 8 heteroatoms. The Hall–Kier alpha value is -2.19. The zero-order valence-corrected chi connectivity index (χ0v) is 18.0. The molecule has 2 rings (SSSR count). The molecular weight excluding hydrogens is 396 g/mol. The van der Waals surface area contributed by atoms with Gasteiger partial charge in [0.2, 0.25) is 10.0 Å². The number of carbonyl (C=O) groups is 1. The van der Waals surface area contributed by atoms with Crippen molar-refractivity contribution in [1.29, 1.82) is 0 Å². The summed E-state index contributed by atoms with van der Waals surface area (Å²) in [5, 5.41) is 2.83. The lowest BCUT2D eigenvalue weighted by atomic mass is 10.2. The topological polar surface area (TPSA) is 75.7 Å². The largest absolute Gasteiger partial charge is 0.484 e. The summed E-state index contributed by atoms with van der Waals surface area (Å²) < 4.78 is 29.6. The smallest absolute Gasteiger partial charge is 0.257 e. The number of anilines is 1. The summed E-state index contributed by atoms with van der Waals surface area (Å²) in [6.07, 6.45) is 1.14. The lowest BCUT2D eigenvalue weighted by Gasteiger charge is -2.16. The molecule has 0 bridgehead atoms. The Morgan fingerprint density at radius 1 is 1.18 bits per heavy atom. The van der Waals surface area contributed by atoms with Gasteiger partial charge in [0.05, 0.1) is 11.9 Å². The predicted octanol–water partition coefficient (Wildman–Crippen LogP) is 2.82. The molecule has 0 aromatic heterocycles. The lowest BCUT2D eigenvalue weighted by Crippen LogP contribution is -2.30. The number of benzene rings is 2. The van der Waals surface area contributed by atoms with E-state index in [-0.39, 0.29) is 12.5 Å². The fourth-order valence-corrected chi connectivity index (χ4v) is 3.71. The van der Waals surface area contributed by atoms with Crippen molar-refractivity contribution in [2.75, 3.05) is 36.5 Å². The van der Waals surface area contributed by atoms with Crippen LogP contribution in [0.25, 0.3) is 0 Å². The minimum atomic E-state index is -3.30. The molecule has 152 valence electrons. The van der Waals surface area contributed by atoms with Crippen LogP contribution in [0.5, 0.6) is 5.75 Å². The SMILES string of the molecule is Cc1cccc(CSCCNC(=O)COc2ccc(N(C)S(C)(=O)=O)cc2)c1. The molecule has 28 heavy (non-hydrogen) atoms. The highest BCUT2D eigenvalue weighted by Crippen LogP contribution is 2.20. The number of aryl methyl sites for hydroxylation is 1. The first-order chi connectivity index (χ1) is 13.3. The monoisotopic (exact) mass is 422 g/mol. The minimum Gasteiger partial charge on any atom is -0.484 e. The first-order valence-electron chi connectivity index (χ1n) is 8.82. The normalized spacial score (nSPS) is 11.1. The molecular formula is C20H26N2O4S2. The third kappa shape index (κ3) is 7.44. The van der Waals surface area contributed by atoms with E-state index in [0.29, 0.717) is 18.0 Å². The van der Waals surface area contributed by atoms with Crippen LogP contribution in [0.1, 0.15) is 11.1 Å². The number of ether oxygens (including phenoxy) is 1. The van der Waals surface area contributed by atoms with Crippen LogP contribution >= 0.6 is 11.8 Å². The summed E-state index contributed by atoms with van der Waals surface area (Å²) in [5.41, 5.74) is 3.06. The molecule has 0 saturated carbocycles. The fourth-order valence-electron chi connectivity index (χ4n) is 2.40. The third-order valence-electron chi connectivity index (χ3n) is 3.99. The molecule has 1 N–H and O–H groups in total. The van der Waals surface area contributed by atoms with E-state index in [1.54, 1.807) is 36.0 Å². The van der Waals surface area contributed by atoms with Gasteiger partial charge in [-0.2, -0.15) is 11.8 Å². The summed E-state index contributed by atoms with van der Waals surface area (Å²) in [6, 6.07) is 14.9. The van der Waals surface area contributed by atoms with Crippen LogP contribution in [-0.4, -0.2) is 46.5 Å². The van der Waals surface area contributed by atoms with E-state index in [2.05, 4.69) is 36.5 Å². The number of hydrogen-bond donors (Lipinski definition) is 1. The van der Waals surface area contributed by atoms with Gasteiger partial charge in [0.25, 0.3) is 5.91 Å². The van der Waals surface area contributed by atoms with Crippen molar-refractivity contribution in [1.82, 2.24) is 5.32 Å². The van der Waals surface area contributed by atoms with Crippen molar-refractivity contribution in [3.8, 4) is 5.75 Å².